The van der Waals surface area contributed by atoms with Crippen LogP contribution in [0.2, 0.25) is 0 Å². The van der Waals surface area contributed by atoms with Crippen LogP contribution in [0.5, 0.6) is 0 Å². The fourth-order valence-corrected chi connectivity index (χ4v) is 4.18. The molecule has 2 saturated heterocycles. The Hall–Kier alpha value is -1.34. The van der Waals surface area contributed by atoms with E-state index in [9.17, 15) is 4.79 Å². The number of likely N-dealkylation sites (tertiary alicyclic amines) is 2. The first-order valence-electron chi connectivity index (χ1n) is 11.1. The lowest BCUT2D eigenvalue weighted by Gasteiger charge is -2.30. The second-order valence-electron chi connectivity index (χ2n) is 8.58. The molecule has 0 aliphatic carbocycles. The first-order valence-corrected chi connectivity index (χ1v) is 11.1. The summed E-state index contributed by atoms with van der Waals surface area (Å²) in [6, 6.07) is 0.0743. The van der Waals surface area contributed by atoms with Crippen molar-refractivity contribution in [3.05, 3.63) is 0 Å². The topological polar surface area (TPSA) is 63.2 Å². The predicted octanol–water partition coefficient (Wildman–Crippen LogP) is 1.22. The minimum atomic E-state index is 0.0743. The normalized spacial score (nSPS) is 22.4. The van der Waals surface area contributed by atoms with Crippen LogP contribution >= 0.6 is 0 Å². The molecular formula is C21H42N6O. The van der Waals surface area contributed by atoms with Crippen molar-refractivity contribution in [2.45, 2.75) is 51.5 Å². The molecule has 2 rings (SSSR count). The van der Waals surface area contributed by atoms with Crippen molar-refractivity contribution in [1.82, 2.24) is 25.3 Å². The van der Waals surface area contributed by atoms with Gasteiger partial charge in [-0.15, -0.1) is 0 Å². The van der Waals surface area contributed by atoms with Crippen molar-refractivity contribution in [3.63, 3.8) is 0 Å². The summed E-state index contributed by atoms with van der Waals surface area (Å²) in [5, 5.41) is 6.83. The summed E-state index contributed by atoms with van der Waals surface area (Å²) in [5.41, 5.74) is 0. The maximum atomic E-state index is 12.3. The maximum absolute atomic E-state index is 12.3. The first kappa shape index (κ1) is 22.9. The molecule has 0 aromatic rings. The van der Waals surface area contributed by atoms with Gasteiger partial charge in [-0.25, -0.2) is 0 Å². The number of carbonyl (C=O) groups is 1. The van der Waals surface area contributed by atoms with E-state index in [4.69, 9.17) is 0 Å². The van der Waals surface area contributed by atoms with E-state index in [-0.39, 0.29) is 11.9 Å². The van der Waals surface area contributed by atoms with Gasteiger partial charge in [-0.3, -0.25) is 14.7 Å². The smallest absolute Gasteiger partial charge is 0.239 e. The summed E-state index contributed by atoms with van der Waals surface area (Å²) in [5.74, 6) is 2.02. The lowest BCUT2D eigenvalue weighted by atomic mass is 9.99. The first-order chi connectivity index (χ1) is 13.5. The van der Waals surface area contributed by atoms with Crippen molar-refractivity contribution < 1.29 is 4.79 Å². The molecule has 2 heterocycles. The van der Waals surface area contributed by atoms with Gasteiger partial charge in [0, 0.05) is 40.8 Å². The fraction of sp³-hybridized carbons (Fsp3) is 0.905. The van der Waals surface area contributed by atoms with Gasteiger partial charge in [0.05, 0.1) is 6.04 Å². The Labute approximate surface area is 171 Å². The third kappa shape index (κ3) is 7.59. The van der Waals surface area contributed by atoms with Crippen LogP contribution in [0.3, 0.4) is 0 Å². The van der Waals surface area contributed by atoms with Crippen LogP contribution in [-0.4, -0.2) is 99.6 Å². The molecular weight excluding hydrogens is 352 g/mol. The van der Waals surface area contributed by atoms with Crippen LogP contribution in [-0.2, 0) is 4.79 Å². The maximum Gasteiger partial charge on any atom is 0.239 e. The van der Waals surface area contributed by atoms with E-state index in [0.29, 0.717) is 0 Å². The van der Waals surface area contributed by atoms with Crippen molar-refractivity contribution >= 4 is 11.9 Å². The number of nitrogens with zero attached hydrogens (tertiary/aromatic N) is 4. The lowest BCUT2D eigenvalue weighted by molar-refractivity contribution is -0.133. The van der Waals surface area contributed by atoms with E-state index in [1.54, 1.807) is 4.90 Å². The fourth-order valence-electron chi connectivity index (χ4n) is 4.18. The number of hydrogen-bond donors (Lipinski definition) is 2. The summed E-state index contributed by atoms with van der Waals surface area (Å²) < 4.78 is 0. The van der Waals surface area contributed by atoms with Crippen molar-refractivity contribution in [2.24, 2.45) is 10.9 Å². The summed E-state index contributed by atoms with van der Waals surface area (Å²) in [4.78, 5) is 23.2. The molecule has 2 N–H and O–H groups in total. The molecule has 1 atom stereocenters. The van der Waals surface area contributed by atoms with Crippen LogP contribution in [0.4, 0.5) is 0 Å². The largest absolute Gasteiger partial charge is 0.356 e. The molecule has 0 radical (unpaired) electrons. The highest BCUT2D eigenvalue weighted by Gasteiger charge is 2.30. The molecule has 1 amide bonds. The second-order valence-corrected chi connectivity index (χ2v) is 8.58. The van der Waals surface area contributed by atoms with Gasteiger partial charge >= 0.3 is 0 Å². The molecule has 0 bridgehead atoms. The Bertz CT molecular complexity index is 487. The molecule has 0 aromatic carbocycles. The number of aliphatic imine (C=N–C) groups is 1. The van der Waals surface area contributed by atoms with Crippen LogP contribution in [0, 0.1) is 5.92 Å². The lowest BCUT2D eigenvalue weighted by Crippen LogP contribution is -2.44. The standard InChI is InChI=1S/C21H42N6O/c1-18-9-16-26(17-10-18)13-6-11-23-21(22-2)24-12-7-15-27-14-5-8-19(27)20(28)25(3)4/h18-19H,5-17H2,1-4H3,(H2,22,23,24). The van der Waals surface area contributed by atoms with E-state index in [0.717, 1.165) is 63.7 Å². The molecule has 162 valence electrons. The minimum Gasteiger partial charge on any atom is -0.356 e. The Morgan fingerprint density at radius 2 is 1.68 bits per heavy atom. The number of nitrogens with one attached hydrogen (secondary N) is 2. The zero-order valence-electron chi connectivity index (χ0n) is 18.5. The Balaban J connectivity index is 1.55. The van der Waals surface area contributed by atoms with Crippen LogP contribution < -0.4 is 10.6 Å². The average molecular weight is 395 g/mol. The van der Waals surface area contributed by atoms with Gasteiger partial charge in [-0.1, -0.05) is 6.92 Å². The number of hydrogen-bond acceptors (Lipinski definition) is 4. The second kappa shape index (κ2) is 12.3. The van der Waals surface area contributed by atoms with Crippen LogP contribution in [0.1, 0.15) is 45.4 Å². The summed E-state index contributed by atoms with van der Waals surface area (Å²) >= 11 is 0. The minimum absolute atomic E-state index is 0.0743. The van der Waals surface area contributed by atoms with Crippen LogP contribution in [0.25, 0.3) is 0 Å². The number of rotatable bonds is 9. The van der Waals surface area contributed by atoms with Gasteiger partial charge in [0.15, 0.2) is 5.96 Å². The molecule has 0 spiro atoms. The zero-order valence-corrected chi connectivity index (χ0v) is 18.5. The molecule has 2 aliphatic rings. The number of amides is 1. The SMILES string of the molecule is CN=C(NCCCN1CCC(C)CC1)NCCCN1CCCC1C(=O)N(C)C. The van der Waals surface area contributed by atoms with Crippen LogP contribution in [0.15, 0.2) is 4.99 Å². The van der Waals surface area contributed by atoms with E-state index >= 15 is 0 Å². The Morgan fingerprint density at radius 3 is 2.29 bits per heavy atom. The quantitative estimate of drug-likeness (QED) is 0.350. The van der Waals surface area contributed by atoms with Gasteiger partial charge < -0.3 is 20.4 Å². The van der Waals surface area contributed by atoms with Crippen molar-refractivity contribution in [1.29, 1.82) is 0 Å². The molecule has 7 heteroatoms. The van der Waals surface area contributed by atoms with E-state index in [1.807, 2.05) is 21.1 Å². The van der Waals surface area contributed by atoms with E-state index < -0.39 is 0 Å². The zero-order chi connectivity index (χ0) is 20.4. The monoisotopic (exact) mass is 394 g/mol. The van der Waals surface area contributed by atoms with Gasteiger partial charge in [0.1, 0.15) is 0 Å². The van der Waals surface area contributed by atoms with Gasteiger partial charge in [-0.2, -0.15) is 0 Å². The molecule has 7 nitrogen and oxygen atoms in total. The molecule has 2 aliphatic heterocycles. The third-order valence-electron chi connectivity index (χ3n) is 6.05. The molecule has 1 unspecified atom stereocenters. The summed E-state index contributed by atoms with van der Waals surface area (Å²) in [6.45, 7) is 9.86. The summed E-state index contributed by atoms with van der Waals surface area (Å²) in [7, 11) is 5.53. The Kier molecular flexibility index (Phi) is 10.1. The number of carbonyl (C=O) groups excluding carboxylic acids is 1. The highest BCUT2D eigenvalue weighted by Crippen LogP contribution is 2.18. The number of likely N-dealkylation sites (N-methyl/N-ethyl adjacent to an activating group) is 1. The van der Waals surface area contributed by atoms with Gasteiger partial charge in [-0.05, 0) is 70.6 Å². The Morgan fingerprint density at radius 1 is 1.04 bits per heavy atom. The highest BCUT2D eigenvalue weighted by molar-refractivity contribution is 5.81. The van der Waals surface area contributed by atoms with E-state index in [2.05, 4.69) is 32.3 Å². The molecule has 0 aromatic heterocycles. The summed E-state index contributed by atoms with van der Waals surface area (Å²) in [6.07, 6.45) is 6.96. The van der Waals surface area contributed by atoms with Crippen molar-refractivity contribution in [2.75, 3.05) is 67.0 Å². The highest BCUT2D eigenvalue weighted by atomic mass is 16.2. The molecule has 2 fully saturated rings. The number of guanidine groups is 1. The van der Waals surface area contributed by atoms with E-state index in [1.165, 1.54) is 32.5 Å². The molecule has 0 saturated carbocycles. The molecule has 28 heavy (non-hydrogen) atoms. The van der Waals surface area contributed by atoms with Gasteiger partial charge in [0.2, 0.25) is 5.91 Å². The van der Waals surface area contributed by atoms with Crippen molar-refractivity contribution in [3.8, 4) is 0 Å². The number of piperidine rings is 1. The predicted molar refractivity (Wildman–Crippen MR) is 117 cm³/mol. The average Bonchev–Trinajstić information content (AvgIpc) is 3.15. The third-order valence-corrected chi connectivity index (χ3v) is 6.05. The van der Waals surface area contributed by atoms with Gasteiger partial charge in [0.25, 0.3) is 0 Å².